The molecule has 0 atom stereocenters. The van der Waals surface area contributed by atoms with E-state index in [0.29, 0.717) is 45.0 Å². The Hall–Kier alpha value is -2.58. The molecule has 2 amide bonds. The summed E-state index contributed by atoms with van der Waals surface area (Å²) >= 11 is 0. The average Bonchev–Trinajstić information content (AvgIpc) is 3.03. The lowest BCUT2D eigenvalue weighted by Gasteiger charge is -2.44. The first kappa shape index (κ1) is 19.2. The highest BCUT2D eigenvalue weighted by Crippen LogP contribution is 2.40. The van der Waals surface area contributed by atoms with Crippen molar-refractivity contribution < 1.29 is 32.7 Å². The first-order chi connectivity index (χ1) is 12.7. The number of likely N-dealkylation sites (tertiary alicyclic amines) is 2. The maximum absolute atomic E-state index is 13.0. The molecule has 1 aromatic carbocycles. The second-order valence-corrected chi connectivity index (χ2v) is 6.97. The van der Waals surface area contributed by atoms with Crippen LogP contribution in [0.15, 0.2) is 18.2 Å². The first-order valence-electron chi connectivity index (χ1n) is 8.64. The second kappa shape index (κ2) is 6.86. The van der Waals surface area contributed by atoms with Crippen LogP contribution in [0, 0.1) is 0 Å². The Balaban J connectivity index is 1.87. The van der Waals surface area contributed by atoms with Crippen molar-refractivity contribution >= 4 is 18.3 Å². The fourth-order valence-corrected chi connectivity index (χ4v) is 4.07. The Bertz CT molecular complexity index is 770. The van der Waals surface area contributed by atoms with Gasteiger partial charge in [0.25, 0.3) is 5.91 Å². The Morgan fingerprint density at radius 3 is 2.33 bits per heavy atom. The minimum absolute atomic E-state index is 0.0556. The molecule has 0 aliphatic carbocycles. The van der Waals surface area contributed by atoms with Crippen LogP contribution in [0.1, 0.15) is 52.0 Å². The molecule has 146 valence electrons. The second-order valence-electron chi connectivity index (χ2n) is 6.97. The summed E-state index contributed by atoms with van der Waals surface area (Å²) in [4.78, 5) is 38.3. The monoisotopic (exact) mass is 384 g/mol. The number of carbonyl (C=O) groups excluding carboxylic acids is 2. The van der Waals surface area contributed by atoms with Crippen LogP contribution in [-0.2, 0) is 6.18 Å². The van der Waals surface area contributed by atoms with Crippen LogP contribution in [0.25, 0.3) is 0 Å². The lowest BCUT2D eigenvalue weighted by atomic mass is 9.84. The minimum atomic E-state index is -4.60. The van der Waals surface area contributed by atoms with Crippen molar-refractivity contribution in [3.63, 3.8) is 0 Å². The number of piperidine rings is 1. The standard InChI is InChI=1S/C18H19F3N2O4/c19-18(20,21)13-2-3-14(12(10-13)11-24)15(25)23-7-1-4-17(23)5-8-22(9-6-17)16(26)27/h2-3,10-11H,1,4-9H2,(H,26,27). The highest BCUT2D eigenvalue weighted by Gasteiger charge is 2.46. The number of hydrogen-bond donors (Lipinski definition) is 1. The van der Waals surface area contributed by atoms with E-state index in [2.05, 4.69) is 0 Å². The lowest BCUT2D eigenvalue weighted by Crippen LogP contribution is -2.54. The third-order valence-corrected chi connectivity index (χ3v) is 5.54. The predicted octanol–water partition coefficient (Wildman–Crippen LogP) is 3.27. The predicted molar refractivity (Wildman–Crippen MR) is 88.7 cm³/mol. The third-order valence-electron chi connectivity index (χ3n) is 5.54. The third kappa shape index (κ3) is 3.50. The van der Waals surface area contributed by atoms with Crippen molar-refractivity contribution in [1.29, 1.82) is 0 Å². The molecular formula is C18H19F3N2O4. The molecule has 1 spiro atoms. The molecule has 0 unspecified atom stereocenters. The average molecular weight is 384 g/mol. The summed E-state index contributed by atoms with van der Waals surface area (Å²) < 4.78 is 38.6. The van der Waals surface area contributed by atoms with E-state index in [1.165, 1.54) is 4.90 Å². The summed E-state index contributed by atoms with van der Waals surface area (Å²) in [5.41, 5.74) is -1.84. The van der Waals surface area contributed by atoms with E-state index in [1.54, 1.807) is 4.90 Å². The molecule has 2 aliphatic rings. The molecular weight excluding hydrogens is 365 g/mol. The van der Waals surface area contributed by atoms with Gasteiger partial charge in [0.2, 0.25) is 0 Å². The zero-order chi connectivity index (χ0) is 19.8. The highest BCUT2D eigenvalue weighted by molar-refractivity contribution is 6.02. The van der Waals surface area contributed by atoms with Crippen LogP contribution >= 0.6 is 0 Å². The highest BCUT2D eigenvalue weighted by atomic mass is 19.4. The van der Waals surface area contributed by atoms with E-state index < -0.39 is 29.3 Å². The van der Waals surface area contributed by atoms with Gasteiger partial charge in [-0.1, -0.05) is 0 Å². The Labute approximate surface area is 153 Å². The van der Waals surface area contributed by atoms with Gasteiger partial charge in [-0.3, -0.25) is 9.59 Å². The van der Waals surface area contributed by atoms with Gasteiger partial charge in [0.1, 0.15) is 0 Å². The number of hydrogen-bond acceptors (Lipinski definition) is 3. The van der Waals surface area contributed by atoms with Crippen LogP contribution in [0.5, 0.6) is 0 Å². The lowest BCUT2D eigenvalue weighted by molar-refractivity contribution is -0.137. The summed E-state index contributed by atoms with van der Waals surface area (Å²) in [5, 5.41) is 9.10. The van der Waals surface area contributed by atoms with Gasteiger partial charge in [-0.05, 0) is 43.9 Å². The molecule has 0 bridgehead atoms. The smallest absolute Gasteiger partial charge is 0.416 e. The Kier molecular flexibility index (Phi) is 4.88. The number of alkyl halides is 3. The number of benzene rings is 1. The molecule has 1 N–H and O–H groups in total. The number of carbonyl (C=O) groups is 3. The van der Waals surface area contributed by atoms with Gasteiger partial charge in [0, 0.05) is 30.7 Å². The quantitative estimate of drug-likeness (QED) is 0.794. The van der Waals surface area contributed by atoms with E-state index in [4.69, 9.17) is 5.11 Å². The molecule has 2 aliphatic heterocycles. The van der Waals surface area contributed by atoms with Crippen LogP contribution in [-0.4, -0.2) is 58.4 Å². The molecule has 0 radical (unpaired) electrons. The molecule has 1 aromatic rings. The maximum atomic E-state index is 13.0. The van der Waals surface area contributed by atoms with Crippen LogP contribution in [0.2, 0.25) is 0 Å². The van der Waals surface area contributed by atoms with Crippen LogP contribution < -0.4 is 0 Å². The van der Waals surface area contributed by atoms with Crippen molar-refractivity contribution in [3.05, 3.63) is 34.9 Å². The van der Waals surface area contributed by atoms with Crippen LogP contribution in [0.4, 0.5) is 18.0 Å². The maximum Gasteiger partial charge on any atom is 0.416 e. The summed E-state index contributed by atoms with van der Waals surface area (Å²) in [6, 6.07) is 2.54. The minimum Gasteiger partial charge on any atom is -0.465 e. The molecule has 0 aromatic heterocycles. The Morgan fingerprint density at radius 1 is 1.11 bits per heavy atom. The van der Waals surface area contributed by atoms with Gasteiger partial charge in [-0.2, -0.15) is 13.2 Å². The largest absolute Gasteiger partial charge is 0.465 e. The fourth-order valence-electron chi connectivity index (χ4n) is 4.07. The zero-order valence-corrected chi connectivity index (χ0v) is 14.5. The Morgan fingerprint density at radius 2 is 1.78 bits per heavy atom. The van der Waals surface area contributed by atoms with E-state index in [0.717, 1.165) is 18.6 Å². The molecule has 6 nitrogen and oxygen atoms in total. The number of rotatable bonds is 2. The normalized spacial score (nSPS) is 19.4. The SMILES string of the molecule is O=Cc1cc(C(F)(F)F)ccc1C(=O)N1CCCC12CCN(C(=O)O)CC2. The van der Waals surface area contributed by atoms with E-state index in [9.17, 15) is 27.6 Å². The van der Waals surface area contributed by atoms with Gasteiger partial charge >= 0.3 is 12.3 Å². The molecule has 0 saturated carbocycles. The number of aldehydes is 1. The summed E-state index contributed by atoms with van der Waals surface area (Å²) in [6.07, 6.45) is -2.95. The first-order valence-corrected chi connectivity index (χ1v) is 8.64. The van der Waals surface area contributed by atoms with Crippen LogP contribution in [0.3, 0.4) is 0 Å². The van der Waals surface area contributed by atoms with Gasteiger partial charge < -0.3 is 14.9 Å². The summed E-state index contributed by atoms with van der Waals surface area (Å²) in [5.74, 6) is -0.480. The molecule has 2 saturated heterocycles. The number of amides is 2. The van der Waals surface area contributed by atoms with Gasteiger partial charge in [-0.25, -0.2) is 4.79 Å². The van der Waals surface area contributed by atoms with Crippen molar-refractivity contribution in [2.24, 2.45) is 0 Å². The van der Waals surface area contributed by atoms with Gasteiger partial charge in [0.15, 0.2) is 6.29 Å². The van der Waals surface area contributed by atoms with Crippen molar-refractivity contribution in [3.8, 4) is 0 Å². The topological polar surface area (TPSA) is 77.9 Å². The summed E-state index contributed by atoms with van der Waals surface area (Å²) in [7, 11) is 0. The molecule has 27 heavy (non-hydrogen) atoms. The summed E-state index contributed by atoms with van der Waals surface area (Å²) in [6.45, 7) is 1.03. The van der Waals surface area contributed by atoms with Crippen molar-refractivity contribution in [2.75, 3.05) is 19.6 Å². The van der Waals surface area contributed by atoms with Gasteiger partial charge in [-0.15, -0.1) is 0 Å². The molecule has 3 rings (SSSR count). The van der Waals surface area contributed by atoms with E-state index >= 15 is 0 Å². The van der Waals surface area contributed by atoms with Gasteiger partial charge in [0.05, 0.1) is 11.1 Å². The van der Waals surface area contributed by atoms with Crippen molar-refractivity contribution in [1.82, 2.24) is 9.80 Å². The molecule has 9 heteroatoms. The fraction of sp³-hybridized carbons (Fsp3) is 0.500. The number of carboxylic acid groups (broad SMARTS) is 1. The zero-order valence-electron chi connectivity index (χ0n) is 14.5. The van der Waals surface area contributed by atoms with E-state index in [1.807, 2.05) is 0 Å². The van der Waals surface area contributed by atoms with E-state index in [-0.39, 0.29) is 17.4 Å². The number of halogens is 3. The molecule has 2 heterocycles. The van der Waals surface area contributed by atoms with Crippen molar-refractivity contribution in [2.45, 2.75) is 37.4 Å². The number of nitrogens with zero attached hydrogens (tertiary/aromatic N) is 2. The molecule has 2 fully saturated rings.